The largest absolute Gasteiger partial charge is 0.392 e. The van der Waals surface area contributed by atoms with Crippen molar-refractivity contribution in [1.29, 1.82) is 0 Å². The molecule has 1 aliphatic carbocycles. The number of amides is 2. The quantitative estimate of drug-likeness (QED) is 0.551. The SMILES string of the molecule is Cc1cc(N2CCCC(O)C(C3CC3)C2=O)cc(C(=O)NCc2cc(F)cc(-c3cnn(C)c3)c2)n1. The highest BCUT2D eigenvalue weighted by Crippen LogP contribution is 2.42. The summed E-state index contributed by atoms with van der Waals surface area (Å²) in [5, 5.41) is 17.5. The molecule has 2 amide bonds. The topological polar surface area (TPSA) is 100 Å². The number of aryl methyl sites for hydroxylation is 2. The van der Waals surface area contributed by atoms with Gasteiger partial charge >= 0.3 is 0 Å². The monoisotopic (exact) mass is 491 g/mol. The van der Waals surface area contributed by atoms with Crippen LogP contribution in [0.5, 0.6) is 0 Å². The Balaban J connectivity index is 1.33. The van der Waals surface area contributed by atoms with E-state index in [1.54, 1.807) is 48.1 Å². The van der Waals surface area contributed by atoms with Gasteiger partial charge in [0.05, 0.1) is 18.2 Å². The molecular weight excluding hydrogens is 461 g/mol. The molecule has 2 fully saturated rings. The molecule has 36 heavy (non-hydrogen) atoms. The molecule has 2 aliphatic rings. The second-order valence-electron chi connectivity index (χ2n) is 9.85. The second kappa shape index (κ2) is 9.81. The van der Waals surface area contributed by atoms with E-state index in [0.717, 1.165) is 18.4 Å². The molecule has 5 rings (SSSR count). The first-order valence-electron chi connectivity index (χ1n) is 12.3. The lowest BCUT2D eigenvalue weighted by molar-refractivity contribution is -0.126. The van der Waals surface area contributed by atoms with Gasteiger partial charge in [-0.15, -0.1) is 0 Å². The Bertz CT molecular complexity index is 1300. The lowest BCUT2D eigenvalue weighted by Crippen LogP contribution is -2.40. The zero-order valence-electron chi connectivity index (χ0n) is 20.4. The highest BCUT2D eigenvalue weighted by atomic mass is 19.1. The van der Waals surface area contributed by atoms with Gasteiger partial charge in [0.2, 0.25) is 5.91 Å². The number of rotatable bonds is 6. The molecule has 3 heterocycles. The van der Waals surface area contributed by atoms with Crippen LogP contribution in [0.1, 0.15) is 47.4 Å². The molecule has 0 radical (unpaired) electrons. The smallest absolute Gasteiger partial charge is 0.270 e. The molecule has 1 saturated heterocycles. The summed E-state index contributed by atoms with van der Waals surface area (Å²) >= 11 is 0. The molecule has 3 aromatic rings. The Morgan fingerprint density at radius 2 is 1.97 bits per heavy atom. The number of anilines is 1. The van der Waals surface area contributed by atoms with Crippen molar-refractivity contribution in [2.24, 2.45) is 18.9 Å². The van der Waals surface area contributed by atoms with Crippen LogP contribution < -0.4 is 10.2 Å². The van der Waals surface area contributed by atoms with Crippen LogP contribution in [0.3, 0.4) is 0 Å². The van der Waals surface area contributed by atoms with Crippen molar-refractivity contribution in [3.8, 4) is 11.1 Å². The number of nitrogens with one attached hydrogen (secondary N) is 1. The van der Waals surface area contributed by atoms with Crippen molar-refractivity contribution in [1.82, 2.24) is 20.1 Å². The van der Waals surface area contributed by atoms with E-state index in [4.69, 9.17) is 0 Å². The standard InChI is InChI=1S/C27H30FN5O3/c1-16-8-22(33-7-3-4-24(34)25(27(33)36)18-5-6-18)12-23(31-16)26(35)29-13-17-9-19(11-21(28)10-17)20-14-30-32(2)15-20/h8-12,14-15,18,24-25,34H,3-7,13H2,1-2H3,(H,29,35). The van der Waals surface area contributed by atoms with E-state index in [1.807, 2.05) is 6.07 Å². The summed E-state index contributed by atoms with van der Waals surface area (Å²) in [6.07, 6.45) is 6.05. The average Bonchev–Trinajstić information content (AvgIpc) is 3.59. The summed E-state index contributed by atoms with van der Waals surface area (Å²) in [7, 11) is 1.79. The molecule has 2 N–H and O–H groups in total. The fraction of sp³-hybridized carbons (Fsp3) is 0.407. The minimum atomic E-state index is -0.622. The van der Waals surface area contributed by atoms with Gasteiger partial charge < -0.3 is 15.3 Å². The zero-order valence-corrected chi connectivity index (χ0v) is 20.4. The van der Waals surface area contributed by atoms with Gasteiger partial charge in [-0.25, -0.2) is 9.37 Å². The maximum absolute atomic E-state index is 14.3. The Morgan fingerprint density at radius 3 is 2.69 bits per heavy atom. The number of hydrogen-bond acceptors (Lipinski definition) is 5. The van der Waals surface area contributed by atoms with E-state index in [-0.39, 0.29) is 30.0 Å². The molecule has 0 bridgehead atoms. The average molecular weight is 492 g/mol. The van der Waals surface area contributed by atoms with E-state index >= 15 is 0 Å². The molecule has 1 saturated carbocycles. The van der Waals surface area contributed by atoms with Crippen LogP contribution in [0.25, 0.3) is 11.1 Å². The van der Waals surface area contributed by atoms with Crippen LogP contribution in [-0.4, -0.2) is 44.3 Å². The van der Waals surface area contributed by atoms with Crippen LogP contribution in [0.4, 0.5) is 10.1 Å². The lowest BCUT2D eigenvalue weighted by atomic mass is 9.94. The van der Waals surface area contributed by atoms with Gasteiger partial charge in [0.25, 0.3) is 5.91 Å². The van der Waals surface area contributed by atoms with E-state index in [2.05, 4.69) is 15.4 Å². The number of nitrogens with zero attached hydrogens (tertiary/aromatic N) is 4. The number of aliphatic hydroxyl groups excluding tert-OH is 1. The summed E-state index contributed by atoms with van der Waals surface area (Å²) in [4.78, 5) is 32.4. The van der Waals surface area contributed by atoms with Crippen molar-refractivity contribution in [3.63, 3.8) is 0 Å². The summed E-state index contributed by atoms with van der Waals surface area (Å²) in [5.41, 5.74) is 3.49. The first-order chi connectivity index (χ1) is 17.3. The van der Waals surface area contributed by atoms with E-state index in [1.165, 1.54) is 12.1 Å². The summed E-state index contributed by atoms with van der Waals surface area (Å²) in [6.45, 7) is 2.39. The maximum Gasteiger partial charge on any atom is 0.270 e. The Hall–Kier alpha value is -3.59. The molecule has 8 nitrogen and oxygen atoms in total. The highest BCUT2D eigenvalue weighted by Gasteiger charge is 2.44. The maximum atomic E-state index is 14.3. The number of hydrogen-bond donors (Lipinski definition) is 2. The van der Waals surface area contributed by atoms with Gasteiger partial charge in [0.15, 0.2) is 0 Å². The van der Waals surface area contributed by atoms with Crippen molar-refractivity contribution in [2.75, 3.05) is 11.4 Å². The Kier molecular flexibility index (Phi) is 6.57. The number of halogens is 1. The summed E-state index contributed by atoms with van der Waals surface area (Å²) in [5.74, 6) is -1.04. The zero-order chi connectivity index (χ0) is 25.4. The molecule has 9 heteroatoms. The molecule has 2 atom stereocenters. The van der Waals surface area contributed by atoms with E-state index in [9.17, 15) is 19.1 Å². The number of carbonyl (C=O) groups excluding carboxylic acids is 2. The van der Waals surface area contributed by atoms with E-state index < -0.39 is 17.8 Å². The first kappa shape index (κ1) is 24.1. The fourth-order valence-corrected chi connectivity index (χ4v) is 5.01. The number of pyridine rings is 1. The van der Waals surface area contributed by atoms with Gasteiger partial charge in [-0.05, 0) is 80.0 Å². The lowest BCUT2D eigenvalue weighted by Gasteiger charge is -2.26. The predicted octanol–water partition coefficient (Wildman–Crippen LogP) is 3.37. The normalized spacial score (nSPS) is 20.3. The van der Waals surface area contributed by atoms with Gasteiger partial charge in [0, 0.05) is 43.3 Å². The number of carbonyl (C=O) groups is 2. The van der Waals surface area contributed by atoms with Crippen LogP contribution in [0.15, 0.2) is 42.7 Å². The second-order valence-corrected chi connectivity index (χ2v) is 9.85. The third-order valence-electron chi connectivity index (χ3n) is 6.91. The van der Waals surface area contributed by atoms with Crippen LogP contribution in [0.2, 0.25) is 0 Å². The Morgan fingerprint density at radius 1 is 1.17 bits per heavy atom. The van der Waals surface area contributed by atoms with Crippen molar-refractivity contribution >= 4 is 17.5 Å². The van der Waals surface area contributed by atoms with Crippen LogP contribution in [0, 0.1) is 24.6 Å². The fourth-order valence-electron chi connectivity index (χ4n) is 5.01. The number of aromatic nitrogens is 3. The molecular formula is C27H30FN5O3. The third-order valence-corrected chi connectivity index (χ3v) is 6.91. The summed E-state index contributed by atoms with van der Waals surface area (Å²) in [6, 6.07) is 8.04. The number of aliphatic hydroxyl groups is 1. The van der Waals surface area contributed by atoms with Crippen molar-refractivity contribution in [2.45, 2.75) is 45.3 Å². The van der Waals surface area contributed by atoms with Crippen LogP contribution in [-0.2, 0) is 18.4 Å². The molecule has 2 aromatic heterocycles. The molecule has 1 aromatic carbocycles. The molecule has 2 unspecified atom stereocenters. The van der Waals surface area contributed by atoms with Gasteiger partial charge in [0.1, 0.15) is 11.5 Å². The molecule has 188 valence electrons. The van der Waals surface area contributed by atoms with Crippen LogP contribution >= 0.6 is 0 Å². The van der Waals surface area contributed by atoms with Gasteiger partial charge in [-0.1, -0.05) is 0 Å². The molecule has 1 aliphatic heterocycles. The molecule has 0 spiro atoms. The summed E-state index contributed by atoms with van der Waals surface area (Å²) < 4.78 is 15.9. The number of benzene rings is 1. The minimum Gasteiger partial charge on any atom is -0.392 e. The Labute approximate surface area is 209 Å². The van der Waals surface area contributed by atoms with Gasteiger partial charge in [-0.3, -0.25) is 14.3 Å². The van der Waals surface area contributed by atoms with Gasteiger partial charge in [-0.2, -0.15) is 5.10 Å². The van der Waals surface area contributed by atoms with Crippen molar-refractivity contribution in [3.05, 3.63) is 65.5 Å². The minimum absolute atomic E-state index is 0.0813. The third kappa shape index (κ3) is 5.16. The highest BCUT2D eigenvalue weighted by molar-refractivity contribution is 5.98. The van der Waals surface area contributed by atoms with Crippen molar-refractivity contribution < 1.29 is 19.1 Å². The van der Waals surface area contributed by atoms with E-state index in [0.29, 0.717) is 41.9 Å². The first-order valence-corrected chi connectivity index (χ1v) is 12.3. The predicted molar refractivity (Wildman–Crippen MR) is 133 cm³/mol.